The SMILES string of the molecule is CCOC.CCOCC.OCCOCCO.OCCOCCO. The van der Waals surface area contributed by atoms with Crippen LogP contribution >= 0.6 is 0 Å². The molecule has 0 radical (unpaired) electrons. The summed E-state index contributed by atoms with van der Waals surface area (Å²) in [5.41, 5.74) is 0. The van der Waals surface area contributed by atoms with Crippen molar-refractivity contribution < 1.29 is 39.4 Å². The van der Waals surface area contributed by atoms with Gasteiger partial charge >= 0.3 is 0 Å². The summed E-state index contributed by atoms with van der Waals surface area (Å²) in [7, 11) is 1.68. The van der Waals surface area contributed by atoms with Crippen LogP contribution < -0.4 is 0 Å². The van der Waals surface area contributed by atoms with Crippen molar-refractivity contribution in [2.24, 2.45) is 0 Å². The van der Waals surface area contributed by atoms with Crippen molar-refractivity contribution in [3.05, 3.63) is 0 Å². The summed E-state index contributed by atoms with van der Waals surface area (Å²) in [6, 6.07) is 0. The number of ether oxygens (including phenoxy) is 4. The van der Waals surface area contributed by atoms with E-state index in [1.807, 2.05) is 20.8 Å². The fourth-order valence-electron chi connectivity index (χ4n) is 0.666. The van der Waals surface area contributed by atoms with E-state index in [1.165, 1.54) is 0 Å². The third kappa shape index (κ3) is 73.6. The molecule has 0 aromatic carbocycles. The molecule has 0 spiro atoms. The van der Waals surface area contributed by atoms with Gasteiger partial charge in [-0.05, 0) is 20.8 Å². The standard InChI is InChI=1S/2C4H10O3.C4H10O.C3H8O/c2*5-1-3-7-4-2-6;1-3-5-4-2;1-3-4-2/h2*5-6H,1-4H2;3-4H2,1-2H3;3H2,1-2H3. The van der Waals surface area contributed by atoms with E-state index in [2.05, 4.69) is 14.2 Å². The minimum Gasteiger partial charge on any atom is -0.394 e. The summed E-state index contributed by atoms with van der Waals surface area (Å²) in [6.45, 7) is 9.84. The van der Waals surface area contributed by atoms with E-state index >= 15 is 0 Å². The van der Waals surface area contributed by atoms with E-state index in [1.54, 1.807) is 7.11 Å². The Morgan fingerprint density at radius 3 is 0.870 bits per heavy atom. The largest absolute Gasteiger partial charge is 0.394 e. The van der Waals surface area contributed by atoms with Crippen molar-refractivity contribution >= 4 is 0 Å². The van der Waals surface area contributed by atoms with Crippen molar-refractivity contribution in [1.82, 2.24) is 0 Å². The molecule has 0 atom stereocenters. The zero-order valence-electron chi connectivity index (χ0n) is 15.2. The molecular formula is C15H38O8. The summed E-state index contributed by atoms with van der Waals surface area (Å²) >= 11 is 0. The molecule has 0 heterocycles. The molecule has 8 nitrogen and oxygen atoms in total. The van der Waals surface area contributed by atoms with Crippen molar-refractivity contribution in [2.45, 2.75) is 20.8 Å². The molecule has 0 aromatic heterocycles. The molecule has 0 aromatic rings. The maximum Gasteiger partial charge on any atom is 0.0698 e. The van der Waals surface area contributed by atoms with Gasteiger partial charge in [0.15, 0.2) is 0 Å². The van der Waals surface area contributed by atoms with Gasteiger partial charge in [0.1, 0.15) is 0 Å². The second-order valence-corrected chi connectivity index (χ2v) is 3.48. The lowest BCUT2D eigenvalue weighted by atomic mass is 10.7. The molecule has 4 N–H and O–H groups in total. The Labute approximate surface area is 140 Å². The highest BCUT2D eigenvalue weighted by molar-refractivity contribution is 4.24. The third-order valence-electron chi connectivity index (χ3n) is 1.64. The zero-order chi connectivity index (χ0) is 18.6. The lowest BCUT2D eigenvalue weighted by Gasteiger charge is -1.94. The minimum atomic E-state index is 0.0278. The highest BCUT2D eigenvalue weighted by atomic mass is 16.5. The Morgan fingerprint density at radius 1 is 0.522 bits per heavy atom. The molecule has 0 rings (SSSR count). The van der Waals surface area contributed by atoms with Crippen molar-refractivity contribution in [3.8, 4) is 0 Å². The molecule has 146 valence electrons. The minimum absolute atomic E-state index is 0.0278. The molecule has 8 heteroatoms. The van der Waals surface area contributed by atoms with Gasteiger partial charge < -0.3 is 39.4 Å². The van der Waals surface area contributed by atoms with Gasteiger partial charge in [0.25, 0.3) is 0 Å². The first-order valence-corrected chi connectivity index (χ1v) is 7.82. The van der Waals surface area contributed by atoms with Gasteiger partial charge in [0.2, 0.25) is 0 Å². The van der Waals surface area contributed by atoms with Crippen LogP contribution in [0.5, 0.6) is 0 Å². The Kier molecular flexibility index (Phi) is 57.1. The van der Waals surface area contributed by atoms with Crippen LogP contribution in [0.15, 0.2) is 0 Å². The Balaban J connectivity index is -0.000000107. The lowest BCUT2D eigenvalue weighted by molar-refractivity contribution is 0.0649. The monoisotopic (exact) mass is 346 g/mol. The predicted molar refractivity (Wildman–Crippen MR) is 89.7 cm³/mol. The van der Waals surface area contributed by atoms with Crippen LogP contribution in [0, 0.1) is 0 Å². The van der Waals surface area contributed by atoms with Crippen LogP contribution in [-0.2, 0) is 18.9 Å². The van der Waals surface area contributed by atoms with E-state index in [-0.39, 0.29) is 26.4 Å². The first-order valence-electron chi connectivity index (χ1n) is 7.82. The van der Waals surface area contributed by atoms with Crippen LogP contribution in [0.3, 0.4) is 0 Å². The van der Waals surface area contributed by atoms with Crippen molar-refractivity contribution in [2.75, 3.05) is 79.8 Å². The molecule has 0 fully saturated rings. The highest BCUT2D eigenvalue weighted by Gasteiger charge is 1.80. The quantitative estimate of drug-likeness (QED) is 0.376. The van der Waals surface area contributed by atoms with Gasteiger partial charge in [-0.15, -0.1) is 0 Å². The Hall–Kier alpha value is -0.320. The van der Waals surface area contributed by atoms with Crippen LogP contribution in [0.1, 0.15) is 20.8 Å². The summed E-state index contributed by atoms with van der Waals surface area (Å²) in [5.74, 6) is 0. The van der Waals surface area contributed by atoms with E-state index in [0.717, 1.165) is 19.8 Å². The third-order valence-corrected chi connectivity index (χ3v) is 1.64. The number of methoxy groups -OCH3 is 1. The maximum atomic E-state index is 8.09. The van der Waals surface area contributed by atoms with E-state index < -0.39 is 0 Å². The molecule has 0 aliphatic carbocycles. The smallest absolute Gasteiger partial charge is 0.0698 e. The molecule has 0 bridgehead atoms. The molecule has 0 aliphatic rings. The highest BCUT2D eigenvalue weighted by Crippen LogP contribution is 1.69. The average Bonchev–Trinajstić information content (AvgIpc) is 2.58. The molecule has 0 aliphatic heterocycles. The summed E-state index contributed by atoms with van der Waals surface area (Å²) in [6.07, 6.45) is 0. The lowest BCUT2D eigenvalue weighted by Crippen LogP contribution is -2.03. The first-order chi connectivity index (χ1) is 11.2. The number of hydrogen-bond acceptors (Lipinski definition) is 8. The van der Waals surface area contributed by atoms with Crippen LogP contribution in [0.2, 0.25) is 0 Å². The van der Waals surface area contributed by atoms with Gasteiger partial charge in [-0.25, -0.2) is 0 Å². The van der Waals surface area contributed by atoms with Gasteiger partial charge in [-0.3, -0.25) is 0 Å². The normalized spacial score (nSPS) is 8.87. The van der Waals surface area contributed by atoms with Crippen LogP contribution in [0.4, 0.5) is 0 Å². The van der Waals surface area contributed by atoms with Gasteiger partial charge in [-0.1, -0.05) is 0 Å². The van der Waals surface area contributed by atoms with Crippen LogP contribution in [-0.4, -0.2) is 100 Å². The van der Waals surface area contributed by atoms with E-state index in [4.69, 9.17) is 25.2 Å². The average molecular weight is 346 g/mol. The number of hydrogen-bond donors (Lipinski definition) is 4. The Bertz CT molecular complexity index is 117. The van der Waals surface area contributed by atoms with E-state index in [0.29, 0.717) is 26.4 Å². The fraction of sp³-hybridized carbons (Fsp3) is 1.00. The number of rotatable bonds is 11. The van der Waals surface area contributed by atoms with E-state index in [9.17, 15) is 0 Å². The van der Waals surface area contributed by atoms with Crippen molar-refractivity contribution in [3.63, 3.8) is 0 Å². The van der Waals surface area contributed by atoms with Gasteiger partial charge in [-0.2, -0.15) is 0 Å². The number of aliphatic hydroxyl groups is 4. The summed E-state index contributed by atoms with van der Waals surface area (Å²) in [5, 5.41) is 32.3. The summed E-state index contributed by atoms with van der Waals surface area (Å²) < 4.78 is 18.6. The fourth-order valence-corrected chi connectivity index (χ4v) is 0.666. The van der Waals surface area contributed by atoms with Gasteiger partial charge in [0, 0.05) is 26.9 Å². The maximum absolute atomic E-state index is 8.09. The first kappa shape index (κ1) is 30.5. The predicted octanol–water partition coefficient (Wildman–Crippen LogP) is -0.329. The zero-order valence-corrected chi connectivity index (χ0v) is 15.2. The molecule has 0 amide bonds. The molecule has 0 saturated carbocycles. The summed E-state index contributed by atoms with van der Waals surface area (Å²) in [4.78, 5) is 0. The van der Waals surface area contributed by atoms with Crippen LogP contribution in [0.25, 0.3) is 0 Å². The molecule has 0 unspecified atom stereocenters. The molecule has 0 saturated heterocycles. The molecular weight excluding hydrogens is 308 g/mol. The number of aliphatic hydroxyl groups excluding tert-OH is 4. The topological polar surface area (TPSA) is 118 Å². The van der Waals surface area contributed by atoms with Gasteiger partial charge in [0.05, 0.1) is 52.9 Å². The Morgan fingerprint density at radius 2 is 0.783 bits per heavy atom. The second-order valence-electron chi connectivity index (χ2n) is 3.48. The molecule has 23 heavy (non-hydrogen) atoms. The van der Waals surface area contributed by atoms with Crippen molar-refractivity contribution in [1.29, 1.82) is 0 Å². The second kappa shape index (κ2) is 43.0.